The van der Waals surface area contributed by atoms with Crippen LogP contribution in [0.5, 0.6) is 0 Å². The lowest BCUT2D eigenvalue weighted by molar-refractivity contribution is -0.870. The summed E-state index contributed by atoms with van der Waals surface area (Å²) < 4.78 is 5.99. The van der Waals surface area contributed by atoms with Crippen LogP contribution in [0, 0.1) is 0 Å². The molecule has 1 fully saturated rings. The molecule has 2 heterocycles. The molecule has 1 saturated heterocycles. The number of rotatable bonds is 8. The van der Waals surface area contributed by atoms with E-state index >= 15 is 0 Å². The summed E-state index contributed by atoms with van der Waals surface area (Å²) in [5.74, 6) is -1.03. The number of aromatic nitrogens is 2. The van der Waals surface area contributed by atoms with E-state index in [2.05, 4.69) is 20.6 Å². The van der Waals surface area contributed by atoms with E-state index in [1.807, 2.05) is 21.1 Å². The number of ether oxygens (including phenoxy) is 1. The fraction of sp³-hybridized carbons (Fsp3) is 0.625. The highest BCUT2D eigenvalue weighted by Gasteiger charge is 2.31. The highest BCUT2D eigenvalue weighted by Crippen LogP contribution is 2.08. The lowest BCUT2D eigenvalue weighted by Gasteiger charge is -2.24. The number of carbonyl (C=O) groups is 3. The van der Waals surface area contributed by atoms with Gasteiger partial charge in [0.15, 0.2) is 0 Å². The molecule has 0 spiro atoms. The zero-order chi connectivity index (χ0) is 18.4. The first-order valence-electron chi connectivity index (χ1n) is 8.29. The third-order valence-electron chi connectivity index (χ3n) is 3.90. The monoisotopic (exact) mass is 352 g/mol. The fourth-order valence-corrected chi connectivity index (χ4v) is 2.41. The lowest BCUT2D eigenvalue weighted by atomic mass is 10.1. The van der Waals surface area contributed by atoms with E-state index in [1.54, 1.807) is 6.20 Å². The first kappa shape index (κ1) is 18.9. The van der Waals surface area contributed by atoms with E-state index in [1.165, 1.54) is 6.33 Å². The maximum absolute atomic E-state index is 12.4. The second kappa shape index (κ2) is 8.11. The molecule has 2 rings (SSSR count). The van der Waals surface area contributed by atoms with Crippen molar-refractivity contribution in [1.82, 2.24) is 20.6 Å². The number of esters is 1. The van der Waals surface area contributed by atoms with Gasteiger partial charge in [0, 0.05) is 24.7 Å². The van der Waals surface area contributed by atoms with E-state index in [0.717, 1.165) is 0 Å². The number of amides is 2. The minimum absolute atomic E-state index is 0.157. The summed E-state index contributed by atoms with van der Waals surface area (Å²) in [4.78, 5) is 42.8. The standard InChI is InChI=1S/C16H25N5O4/c1-21(2,3)6-7-25-16(24)13(8-11-9-17-10-18-11)20-15(23)12-4-5-14(22)19-12/h9-10,12-13H,4-8H2,1-3H3,(H2-,17,18,19,20,22,23)/p+1/t12-,13-/m0/s1. The van der Waals surface area contributed by atoms with Crippen molar-refractivity contribution in [2.24, 2.45) is 0 Å². The lowest BCUT2D eigenvalue weighted by Crippen LogP contribution is -2.50. The molecule has 138 valence electrons. The van der Waals surface area contributed by atoms with E-state index in [9.17, 15) is 14.4 Å². The second-order valence-corrected chi connectivity index (χ2v) is 7.18. The van der Waals surface area contributed by atoms with Crippen molar-refractivity contribution < 1.29 is 23.6 Å². The van der Waals surface area contributed by atoms with Crippen LogP contribution in [-0.2, 0) is 25.5 Å². The second-order valence-electron chi connectivity index (χ2n) is 7.18. The van der Waals surface area contributed by atoms with Crippen molar-refractivity contribution in [2.75, 3.05) is 34.3 Å². The number of aromatic amines is 1. The smallest absolute Gasteiger partial charge is 0.329 e. The predicted molar refractivity (Wildman–Crippen MR) is 89.2 cm³/mol. The van der Waals surface area contributed by atoms with Crippen molar-refractivity contribution >= 4 is 17.8 Å². The van der Waals surface area contributed by atoms with Crippen molar-refractivity contribution in [1.29, 1.82) is 0 Å². The maximum Gasteiger partial charge on any atom is 0.329 e. The van der Waals surface area contributed by atoms with Crippen LogP contribution in [-0.4, -0.2) is 78.6 Å². The first-order valence-corrected chi connectivity index (χ1v) is 8.29. The molecule has 0 bridgehead atoms. The number of carbonyl (C=O) groups excluding carboxylic acids is 3. The van der Waals surface area contributed by atoms with Crippen molar-refractivity contribution in [3.63, 3.8) is 0 Å². The topological polar surface area (TPSA) is 113 Å². The van der Waals surface area contributed by atoms with Crippen LogP contribution in [0.15, 0.2) is 12.5 Å². The molecule has 1 aromatic rings. The van der Waals surface area contributed by atoms with Crippen LogP contribution in [0.2, 0.25) is 0 Å². The van der Waals surface area contributed by atoms with Gasteiger partial charge in [-0.3, -0.25) is 9.59 Å². The molecule has 25 heavy (non-hydrogen) atoms. The molecule has 1 aromatic heterocycles. The molecule has 0 saturated carbocycles. The number of imidazole rings is 1. The largest absolute Gasteiger partial charge is 0.458 e. The predicted octanol–water partition coefficient (Wildman–Crippen LogP) is -1.03. The number of quaternary nitrogens is 1. The molecular weight excluding hydrogens is 326 g/mol. The van der Waals surface area contributed by atoms with Gasteiger partial charge in [-0.05, 0) is 6.42 Å². The maximum atomic E-state index is 12.4. The molecule has 2 amide bonds. The van der Waals surface area contributed by atoms with Crippen LogP contribution < -0.4 is 10.6 Å². The van der Waals surface area contributed by atoms with Gasteiger partial charge in [0.05, 0.1) is 27.5 Å². The van der Waals surface area contributed by atoms with Crippen molar-refractivity contribution in [3.05, 3.63) is 18.2 Å². The number of likely N-dealkylation sites (N-methyl/N-ethyl adjacent to an activating group) is 1. The molecule has 3 N–H and O–H groups in total. The Morgan fingerprint density at radius 3 is 2.76 bits per heavy atom. The first-order chi connectivity index (χ1) is 11.7. The Balaban J connectivity index is 1.95. The molecule has 1 aliphatic rings. The summed E-state index contributed by atoms with van der Waals surface area (Å²) in [6.07, 6.45) is 4.09. The molecule has 0 aromatic carbocycles. The summed E-state index contributed by atoms with van der Waals surface area (Å²) in [5.41, 5.74) is 0.712. The van der Waals surface area contributed by atoms with Gasteiger partial charge in [0.25, 0.3) is 0 Å². The summed E-state index contributed by atoms with van der Waals surface area (Å²) in [6.45, 7) is 0.924. The third-order valence-corrected chi connectivity index (χ3v) is 3.90. The van der Waals surface area contributed by atoms with Gasteiger partial charge in [-0.1, -0.05) is 0 Å². The van der Waals surface area contributed by atoms with Crippen LogP contribution in [0.1, 0.15) is 18.5 Å². The van der Waals surface area contributed by atoms with Crippen LogP contribution >= 0.6 is 0 Å². The van der Waals surface area contributed by atoms with Crippen molar-refractivity contribution in [2.45, 2.75) is 31.3 Å². The number of hydrogen-bond acceptors (Lipinski definition) is 5. The summed E-state index contributed by atoms with van der Waals surface area (Å²) in [6, 6.07) is -1.44. The van der Waals surface area contributed by atoms with E-state index in [4.69, 9.17) is 4.74 Å². The van der Waals surface area contributed by atoms with Crippen molar-refractivity contribution in [3.8, 4) is 0 Å². The Morgan fingerprint density at radius 1 is 1.44 bits per heavy atom. The summed E-state index contributed by atoms with van der Waals surface area (Å²) in [7, 11) is 6.00. The molecule has 9 heteroatoms. The van der Waals surface area contributed by atoms with E-state index < -0.39 is 18.1 Å². The van der Waals surface area contributed by atoms with Crippen LogP contribution in [0.3, 0.4) is 0 Å². The quantitative estimate of drug-likeness (QED) is 0.409. The highest BCUT2D eigenvalue weighted by molar-refractivity contribution is 5.93. The number of nitrogens with one attached hydrogen (secondary N) is 3. The highest BCUT2D eigenvalue weighted by atomic mass is 16.5. The Labute approximate surface area is 146 Å². The van der Waals surface area contributed by atoms with E-state index in [-0.39, 0.29) is 24.8 Å². The molecule has 0 aliphatic carbocycles. The molecule has 0 radical (unpaired) electrons. The van der Waals surface area contributed by atoms with Gasteiger partial charge in [-0.2, -0.15) is 0 Å². The molecule has 1 aliphatic heterocycles. The number of hydrogen-bond donors (Lipinski definition) is 3. The minimum Gasteiger partial charge on any atom is -0.458 e. The fourth-order valence-electron chi connectivity index (χ4n) is 2.41. The average Bonchev–Trinajstić information content (AvgIpc) is 3.16. The molecule has 9 nitrogen and oxygen atoms in total. The van der Waals surface area contributed by atoms with Gasteiger partial charge < -0.3 is 24.8 Å². The van der Waals surface area contributed by atoms with Gasteiger partial charge in [0.1, 0.15) is 25.2 Å². The van der Waals surface area contributed by atoms with Gasteiger partial charge >= 0.3 is 5.97 Å². The Hall–Kier alpha value is -2.42. The average molecular weight is 352 g/mol. The third kappa shape index (κ3) is 6.18. The summed E-state index contributed by atoms with van der Waals surface area (Å²) >= 11 is 0. The van der Waals surface area contributed by atoms with Gasteiger partial charge in [0.2, 0.25) is 11.8 Å². The Kier molecular flexibility index (Phi) is 6.13. The van der Waals surface area contributed by atoms with Crippen LogP contribution in [0.25, 0.3) is 0 Å². The normalized spacial score (nSPS) is 18.5. The molecular formula is C16H26N5O4+. The number of nitrogens with zero attached hydrogens (tertiary/aromatic N) is 2. The zero-order valence-electron chi connectivity index (χ0n) is 14.9. The summed E-state index contributed by atoms with van der Waals surface area (Å²) in [5, 5.41) is 5.28. The zero-order valence-corrected chi connectivity index (χ0v) is 14.9. The Morgan fingerprint density at radius 2 is 2.20 bits per heavy atom. The van der Waals surface area contributed by atoms with E-state index in [0.29, 0.717) is 29.6 Å². The Bertz CT molecular complexity index is 609. The van der Waals surface area contributed by atoms with Gasteiger partial charge in [-0.15, -0.1) is 0 Å². The van der Waals surface area contributed by atoms with Gasteiger partial charge in [-0.25, -0.2) is 9.78 Å². The minimum atomic E-state index is -0.835. The molecule has 0 unspecified atom stereocenters. The molecule has 2 atom stereocenters. The van der Waals surface area contributed by atoms with Crippen LogP contribution in [0.4, 0.5) is 0 Å². The number of H-pyrrole nitrogens is 1. The SMILES string of the molecule is C[N+](C)(C)CCOC(=O)[C@H](Cc1cnc[nH]1)NC(=O)[C@@H]1CCC(=O)N1.